The van der Waals surface area contributed by atoms with E-state index in [1.165, 1.54) is 59.0 Å². The van der Waals surface area contributed by atoms with Gasteiger partial charge < -0.3 is 65.5 Å². The molecule has 0 atom stereocenters. The Morgan fingerprint density at radius 3 is 1.26 bits per heavy atom. The van der Waals surface area contributed by atoms with Gasteiger partial charge in [-0.2, -0.15) is 0 Å². The predicted octanol–water partition coefficient (Wildman–Crippen LogP) is 5.72. The van der Waals surface area contributed by atoms with Crippen LogP contribution in [-0.4, -0.2) is 182 Å². The first-order valence-corrected chi connectivity index (χ1v) is 32.6. The molecule has 0 bridgehead atoms. The van der Waals surface area contributed by atoms with Gasteiger partial charge in [-0.15, -0.1) is 0 Å². The molecule has 6 N–H and O–H groups in total. The van der Waals surface area contributed by atoms with Gasteiger partial charge >= 0.3 is 0 Å². The molecule has 0 unspecified atom stereocenters. The maximum Gasteiger partial charge on any atom is 0.276 e. The molecule has 516 valence electrons. The zero-order valence-corrected chi connectivity index (χ0v) is 55.8. The van der Waals surface area contributed by atoms with Crippen LogP contribution in [0.5, 0.6) is 23.0 Å². The second-order valence-corrected chi connectivity index (χ2v) is 23.7. The number of carbonyl (C=O) groups is 6. The Morgan fingerprint density at radius 2 is 0.782 bits per heavy atom. The standard InChI is InChI=1S/C25H26N6O4.2C23H23N7O3/c1-34-21-11-16-15-31(25(33)17(16)12-22(21)35-2)23-14-27-13-19(28-23)24(32)29-18-5-3-4-6-20(18)30-9-7-26-8-10-30;1-33-16-2-3-17-15(10-16)14-30(23(17)32)21-13-26-12-19(27-21)22(31)28-18-11-25-5-4-20(18)29-8-6-24-7-9-29;1-33-16-3-2-15-14-30(23(32)17(15)10-16)21-13-26-12-19(27-21)22(31)28-18-11-25-5-4-20(18)29-8-6-24-7-9-29/h3-6,11-14,26H,7-10,15H2,1-2H3,(H,29,32);2*2-5,10-13,24H,6-9,14H2,1H3,(H,28,31). The van der Waals surface area contributed by atoms with Crippen molar-refractivity contribution in [2.45, 2.75) is 19.6 Å². The van der Waals surface area contributed by atoms with Crippen molar-refractivity contribution in [3.8, 4) is 23.0 Å². The first-order chi connectivity index (χ1) is 49.4. The Balaban J connectivity index is 0.000000136. The number of rotatable bonds is 16. The SMILES string of the molecule is COc1cc2c(cc1OC)C(=O)N(c1cncc(C(=O)Nc3ccccc3N3CCNCC3)n1)C2.COc1ccc2c(c1)C(=O)N(c1cncc(C(=O)Nc3cnccc3N3CCNCC3)n1)C2.COc1ccc2c(c1)CN(c1cncc(C(=O)Nc3cnccc3N3CCNCC3)n1)C2=O. The van der Waals surface area contributed by atoms with Crippen molar-refractivity contribution in [3.05, 3.63) is 197 Å². The van der Waals surface area contributed by atoms with Crippen LogP contribution in [0.1, 0.15) is 79.2 Å². The largest absolute Gasteiger partial charge is 0.497 e. The number of hydrogen-bond acceptors (Lipinski definition) is 24. The average molecular weight is 1370 g/mol. The molecule has 3 fully saturated rings. The Bertz CT molecular complexity index is 4490. The van der Waals surface area contributed by atoms with Crippen LogP contribution in [0.2, 0.25) is 0 Å². The fourth-order valence-electron chi connectivity index (χ4n) is 12.5. The van der Waals surface area contributed by atoms with E-state index in [-0.39, 0.29) is 34.8 Å². The number of aromatic nitrogens is 8. The Kier molecular flexibility index (Phi) is 20.4. The number of hydrogen-bond donors (Lipinski definition) is 6. The summed E-state index contributed by atoms with van der Waals surface area (Å²) in [5.74, 6) is 1.38. The fourth-order valence-corrected chi connectivity index (χ4v) is 12.5. The third-order valence-electron chi connectivity index (χ3n) is 17.7. The van der Waals surface area contributed by atoms with Crippen LogP contribution < -0.4 is 80.2 Å². The molecule has 6 amide bonds. The summed E-state index contributed by atoms with van der Waals surface area (Å²) in [7, 11) is 6.21. The summed E-state index contributed by atoms with van der Waals surface area (Å²) >= 11 is 0. The highest BCUT2D eigenvalue weighted by Gasteiger charge is 2.35. The molecular formula is C71H72N20O10. The molecule has 4 aromatic carbocycles. The second-order valence-electron chi connectivity index (χ2n) is 23.7. The van der Waals surface area contributed by atoms with Gasteiger partial charge in [0.15, 0.2) is 29.0 Å². The van der Waals surface area contributed by atoms with Gasteiger partial charge in [0, 0.05) is 108 Å². The third kappa shape index (κ3) is 14.8. The highest BCUT2D eigenvalue weighted by Crippen LogP contribution is 2.38. The topological polar surface area (TPSA) is 334 Å². The van der Waals surface area contributed by atoms with Gasteiger partial charge in [-0.3, -0.25) is 68.4 Å². The highest BCUT2D eigenvalue weighted by atomic mass is 16.5. The van der Waals surface area contributed by atoms with Gasteiger partial charge in [-0.25, -0.2) is 15.0 Å². The van der Waals surface area contributed by atoms with E-state index in [1.54, 1.807) is 76.4 Å². The van der Waals surface area contributed by atoms with Crippen molar-refractivity contribution >= 4 is 87.0 Å². The number of para-hydroxylation sites is 2. The molecule has 0 aliphatic carbocycles. The molecule has 0 radical (unpaired) electrons. The maximum absolute atomic E-state index is 13.1. The molecule has 0 spiro atoms. The van der Waals surface area contributed by atoms with Crippen molar-refractivity contribution in [2.75, 3.05) is 152 Å². The first kappa shape index (κ1) is 67.3. The van der Waals surface area contributed by atoms with Crippen LogP contribution >= 0.6 is 0 Å². The predicted molar refractivity (Wildman–Crippen MR) is 377 cm³/mol. The van der Waals surface area contributed by atoms with E-state index in [4.69, 9.17) is 18.9 Å². The summed E-state index contributed by atoms with van der Waals surface area (Å²) < 4.78 is 21.2. The van der Waals surface area contributed by atoms with Crippen LogP contribution in [-0.2, 0) is 19.6 Å². The van der Waals surface area contributed by atoms with Gasteiger partial charge in [-0.05, 0) is 83.4 Å². The monoisotopic (exact) mass is 1360 g/mol. The van der Waals surface area contributed by atoms with Gasteiger partial charge in [0.25, 0.3) is 35.4 Å². The lowest BCUT2D eigenvalue weighted by Crippen LogP contribution is -2.43. The zero-order valence-electron chi connectivity index (χ0n) is 55.8. The van der Waals surface area contributed by atoms with E-state index in [0.717, 1.165) is 112 Å². The van der Waals surface area contributed by atoms with Crippen LogP contribution in [0.4, 0.5) is 51.6 Å². The van der Waals surface area contributed by atoms with Gasteiger partial charge in [0.1, 0.15) is 28.6 Å². The van der Waals surface area contributed by atoms with Crippen molar-refractivity contribution in [2.24, 2.45) is 0 Å². The summed E-state index contributed by atoms with van der Waals surface area (Å²) in [6.45, 7) is 11.3. The summed E-state index contributed by atoms with van der Waals surface area (Å²) in [4.78, 5) is 123. The maximum atomic E-state index is 13.1. The van der Waals surface area contributed by atoms with E-state index < -0.39 is 17.7 Å². The van der Waals surface area contributed by atoms with Crippen LogP contribution in [0.3, 0.4) is 0 Å². The average Bonchev–Trinajstić information content (AvgIpc) is 1.65. The number of amides is 6. The number of carbonyl (C=O) groups excluding carboxylic acids is 6. The molecular weight excluding hydrogens is 1290 g/mol. The second kappa shape index (κ2) is 30.6. The lowest BCUT2D eigenvalue weighted by atomic mass is 10.1. The molecule has 15 rings (SSSR count). The van der Waals surface area contributed by atoms with Gasteiger partial charge in [-0.1, -0.05) is 18.2 Å². The number of ether oxygens (including phenoxy) is 4. The van der Waals surface area contributed by atoms with Gasteiger partial charge in [0.2, 0.25) is 0 Å². The molecule has 3 saturated heterocycles. The van der Waals surface area contributed by atoms with E-state index in [2.05, 4.69) is 86.5 Å². The molecule has 9 aromatic rings. The molecule has 101 heavy (non-hydrogen) atoms. The van der Waals surface area contributed by atoms with Crippen molar-refractivity contribution in [1.82, 2.24) is 55.8 Å². The highest BCUT2D eigenvalue weighted by molar-refractivity contribution is 6.13. The Morgan fingerprint density at radius 1 is 0.386 bits per heavy atom. The van der Waals surface area contributed by atoms with Crippen molar-refractivity contribution in [1.29, 1.82) is 0 Å². The van der Waals surface area contributed by atoms with E-state index in [0.29, 0.717) is 93.8 Å². The number of benzene rings is 4. The number of fused-ring (bicyclic) bond motifs is 3. The van der Waals surface area contributed by atoms with E-state index in [9.17, 15) is 28.8 Å². The molecule has 5 aromatic heterocycles. The van der Waals surface area contributed by atoms with Crippen LogP contribution in [0.25, 0.3) is 0 Å². The minimum atomic E-state index is -0.417. The molecule has 11 heterocycles. The molecule has 0 saturated carbocycles. The Labute approximate surface area is 580 Å². The number of pyridine rings is 2. The van der Waals surface area contributed by atoms with Crippen LogP contribution in [0, 0.1) is 0 Å². The van der Waals surface area contributed by atoms with Crippen molar-refractivity contribution < 1.29 is 47.7 Å². The first-order valence-electron chi connectivity index (χ1n) is 32.6. The number of nitrogens with one attached hydrogen (secondary N) is 6. The number of piperazine rings is 3. The van der Waals surface area contributed by atoms with E-state index >= 15 is 0 Å². The quantitative estimate of drug-likeness (QED) is 0.0673. The van der Waals surface area contributed by atoms with Gasteiger partial charge in [0.05, 0.1) is 132 Å². The molecule has 6 aliphatic rings. The minimum Gasteiger partial charge on any atom is -0.497 e. The smallest absolute Gasteiger partial charge is 0.276 e. The zero-order chi connectivity index (χ0) is 69.9. The third-order valence-corrected chi connectivity index (χ3v) is 17.7. The summed E-state index contributed by atoms with van der Waals surface area (Å²) in [5.41, 5.74) is 9.18. The Hall–Kier alpha value is -12.3. The fraction of sp³-hybridized carbons (Fsp3) is 0.268. The van der Waals surface area contributed by atoms with Crippen LogP contribution in [0.15, 0.2) is 147 Å². The minimum absolute atomic E-state index is 0.115. The van der Waals surface area contributed by atoms with Crippen molar-refractivity contribution in [3.63, 3.8) is 0 Å². The number of nitrogens with zero attached hydrogens (tertiary/aromatic N) is 14. The summed E-state index contributed by atoms with van der Waals surface area (Å²) in [6.07, 6.45) is 15.3. The molecule has 30 nitrogen and oxygen atoms in total. The number of anilines is 9. The summed E-state index contributed by atoms with van der Waals surface area (Å²) in [5, 5.41) is 18.7. The number of methoxy groups -OCH3 is 4. The normalized spacial score (nSPS) is 15.3. The molecule has 6 aliphatic heterocycles. The summed E-state index contributed by atoms with van der Waals surface area (Å²) in [6, 6.07) is 25.6. The lowest BCUT2D eigenvalue weighted by Gasteiger charge is -2.31. The molecule has 30 heteroatoms. The lowest BCUT2D eigenvalue weighted by molar-refractivity contribution is 0.0986. The van der Waals surface area contributed by atoms with E-state index in [1.807, 2.05) is 54.6 Å².